The average molecular weight is 590 g/mol. The van der Waals surface area contributed by atoms with Crippen molar-refractivity contribution in [1.29, 1.82) is 0 Å². The van der Waals surface area contributed by atoms with Crippen LogP contribution in [0.3, 0.4) is 0 Å². The summed E-state index contributed by atoms with van der Waals surface area (Å²) in [5.41, 5.74) is 6.54. The number of rotatable bonds is 9. The third-order valence-electron chi connectivity index (χ3n) is 8.37. The van der Waals surface area contributed by atoms with Crippen molar-refractivity contribution in [3.05, 3.63) is 133 Å². The van der Waals surface area contributed by atoms with E-state index >= 15 is 0 Å². The van der Waals surface area contributed by atoms with Gasteiger partial charge in [0.25, 0.3) is 0 Å². The molecule has 0 saturated carbocycles. The Kier molecular flexibility index (Phi) is 8.44. The highest BCUT2D eigenvalue weighted by atomic mass is 16.5. The SMILES string of the molecule is CC(C)(O)C(C)(C)OBc1cccc(-c2cccc(-c3nc(-c4ccccc4)nc(-c4ccc(-c5ccccc5)cc4)n3)c2)c1. The van der Waals surface area contributed by atoms with Crippen molar-refractivity contribution in [2.24, 2.45) is 0 Å². The second-order valence-electron chi connectivity index (χ2n) is 12.3. The zero-order chi connectivity index (χ0) is 31.4. The lowest BCUT2D eigenvalue weighted by Crippen LogP contribution is -2.49. The standard InChI is InChI=1S/C39H36BN3O2/c1-38(2,44)39(3,4)45-40-34-20-12-18-32(26-34)31-17-11-19-33(25-31)37-42-35(29-15-9-6-10-16-29)41-36(43-37)30-23-21-28(22-24-30)27-13-7-5-8-14-27/h5-26,40,44H,1-4H3. The van der Waals surface area contributed by atoms with Crippen LogP contribution < -0.4 is 5.46 Å². The van der Waals surface area contributed by atoms with Crippen LogP contribution in [0.5, 0.6) is 0 Å². The molecule has 45 heavy (non-hydrogen) atoms. The van der Waals surface area contributed by atoms with Gasteiger partial charge >= 0.3 is 7.48 Å². The van der Waals surface area contributed by atoms with Gasteiger partial charge in [0.05, 0.1) is 11.2 Å². The van der Waals surface area contributed by atoms with Crippen LogP contribution in [-0.4, -0.2) is 38.7 Å². The zero-order valence-corrected chi connectivity index (χ0v) is 26.1. The molecular weight excluding hydrogens is 553 g/mol. The van der Waals surface area contributed by atoms with Crippen LogP contribution in [0.25, 0.3) is 56.4 Å². The van der Waals surface area contributed by atoms with Gasteiger partial charge in [-0.15, -0.1) is 0 Å². The number of nitrogens with zero attached hydrogens (tertiary/aromatic N) is 3. The van der Waals surface area contributed by atoms with E-state index in [1.807, 2.05) is 86.6 Å². The molecule has 1 N–H and O–H groups in total. The molecule has 0 saturated heterocycles. The van der Waals surface area contributed by atoms with Crippen molar-refractivity contribution in [3.8, 4) is 56.4 Å². The van der Waals surface area contributed by atoms with Crippen molar-refractivity contribution in [2.45, 2.75) is 38.9 Å². The minimum Gasteiger partial charge on any atom is -0.427 e. The van der Waals surface area contributed by atoms with Crippen molar-refractivity contribution < 1.29 is 9.76 Å². The molecule has 6 heteroatoms. The number of benzene rings is 5. The first-order chi connectivity index (χ1) is 21.7. The van der Waals surface area contributed by atoms with Gasteiger partial charge in [-0.05, 0) is 56.0 Å². The molecule has 6 rings (SSSR count). The van der Waals surface area contributed by atoms with E-state index < -0.39 is 11.2 Å². The molecule has 5 nitrogen and oxygen atoms in total. The van der Waals surface area contributed by atoms with E-state index in [1.54, 1.807) is 13.8 Å². The van der Waals surface area contributed by atoms with Gasteiger partial charge in [0.15, 0.2) is 17.5 Å². The van der Waals surface area contributed by atoms with Crippen LogP contribution in [0.15, 0.2) is 133 Å². The molecule has 5 aromatic carbocycles. The minimum absolute atomic E-state index is 0.394. The van der Waals surface area contributed by atoms with Crippen molar-refractivity contribution in [2.75, 3.05) is 0 Å². The van der Waals surface area contributed by atoms with Crippen molar-refractivity contribution in [3.63, 3.8) is 0 Å². The molecule has 0 spiro atoms. The van der Waals surface area contributed by atoms with Crippen LogP contribution in [0.4, 0.5) is 0 Å². The summed E-state index contributed by atoms with van der Waals surface area (Å²) in [5, 5.41) is 10.5. The highest BCUT2D eigenvalue weighted by Gasteiger charge is 2.35. The lowest BCUT2D eigenvalue weighted by atomic mass is 9.81. The molecule has 0 bridgehead atoms. The predicted octanol–water partition coefficient (Wildman–Crippen LogP) is 7.75. The van der Waals surface area contributed by atoms with Gasteiger partial charge in [-0.2, -0.15) is 0 Å². The Balaban J connectivity index is 1.35. The molecule has 6 aromatic rings. The number of aliphatic hydroxyl groups is 1. The molecule has 222 valence electrons. The minimum atomic E-state index is -0.967. The van der Waals surface area contributed by atoms with Crippen molar-refractivity contribution in [1.82, 2.24) is 15.0 Å². The Morgan fingerprint density at radius 1 is 0.467 bits per heavy atom. The van der Waals surface area contributed by atoms with E-state index in [0.29, 0.717) is 25.0 Å². The molecule has 0 atom stereocenters. The zero-order valence-electron chi connectivity index (χ0n) is 26.1. The summed E-state index contributed by atoms with van der Waals surface area (Å²) in [4.78, 5) is 14.8. The Morgan fingerprint density at radius 3 is 1.49 bits per heavy atom. The van der Waals surface area contributed by atoms with E-state index in [9.17, 15) is 5.11 Å². The first kappa shape index (κ1) is 30.1. The number of hydrogen-bond donors (Lipinski definition) is 1. The maximum Gasteiger partial charge on any atom is 0.309 e. The molecule has 0 unspecified atom stereocenters. The molecule has 1 heterocycles. The van der Waals surface area contributed by atoms with Crippen LogP contribution in [-0.2, 0) is 4.65 Å². The molecule has 0 aliphatic rings. The number of aromatic nitrogens is 3. The molecule has 1 aromatic heterocycles. The highest BCUT2D eigenvalue weighted by Crippen LogP contribution is 2.29. The van der Waals surface area contributed by atoms with Gasteiger partial charge in [-0.3, -0.25) is 0 Å². The summed E-state index contributed by atoms with van der Waals surface area (Å²) in [6, 6.07) is 45.3. The third-order valence-corrected chi connectivity index (χ3v) is 8.37. The highest BCUT2D eigenvalue weighted by molar-refractivity contribution is 6.47. The summed E-state index contributed by atoms with van der Waals surface area (Å²) < 4.78 is 6.13. The van der Waals surface area contributed by atoms with Gasteiger partial charge in [-0.25, -0.2) is 15.0 Å². The molecule has 0 fully saturated rings. The van der Waals surface area contributed by atoms with Gasteiger partial charge < -0.3 is 9.76 Å². The summed E-state index contributed by atoms with van der Waals surface area (Å²) >= 11 is 0. The van der Waals surface area contributed by atoms with Gasteiger partial charge in [0.1, 0.15) is 0 Å². The van der Waals surface area contributed by atoms with E-state index in [-0.39, 0.29) is 0 Å². The topological polar surface area (TPSA) is 68.1 Å². The summed E-state index contributed by atoms with van der Waals surface area (Å²) in [7, 11) is 0.394. The van der Waals surface area contributed by atoms with E-state index in [2.05, 4.69) is 60.7 Å². The molecule has 0 radical (unpaired) electrons. The first-order valence-corrected chi connectivity index (χ1v) is 15.2. The quantitative estimate of drug-likeness (QED) is 0.175. The summed E-state index contributed by atoms with van der Waals surface area (Å²) in [6.07, 6.45) is 0. The Bertz CT molecular complexity index is 1900. The lowest BCUT2D eigenvalue weighted by molar-refractivity contribution is -0.0893. The Hall–Kier alpha value is -4.91. The van der Waals surface area contributed by atoms with Gasteiger partial charge in [0.2, 0.25) is 0 Å². The second-order valence-corrected chi connectivity index (χ2v) is 12.3. The first-order valence-electron chi connectivity index (χ1n) is 15.2. The smallest absolute Gasteiger partial charge is 0.309 e. The van der Waals surface area contributed by atoms with Crippen LogP contribution in [0, 0.1) is 0 Å². The maximum absolute atomic E-state index is 10.5. The van der Waals surface area contributed by atoms with Gasteiger partial charge in [-0.1, -0.05) is 133 Å². The van der Waals surface area contributed by atoms with Crippen LogP contribution >= 0.6 is 0 Å². The predicted molar refractivity (Wildman–Crippen MR) is 185 cm³/mol. The van der Waals surface area contributed by atoms with Crippen molar-refractivity contribution >= 4 is 12.9 Å². The largest absolute Gasteiger partial charge is 0.427 e. The maximum atomic E-state index is 10.5. The molecule has 0 aliphatic carbocycles. The van der Waals surface area contributed by atoms with Crippen LogP contribution in [0.2, 0.25) is 0 Å². The monoisotopic (exact) mass is 589 g/mol. The van der Waals surface area contributed by atoms with E-state index in [4.69, 9.17) is 19.6 Å². The molecule has 0 amide bonds. The fraction of sp³-hybridized carbons (Fsp3) is 0.154. The van der Waals surface area contributed by atoms with Gasteiger partial charge in [0, 0.05) is 16.7 Å². The lowest BCUT2D eigenvalue weighted by Gasteiger charge is -2.37. The normalized spacial score (nSPS) is 11.8. The summed E-state index contributed by atoms with van der Waals surface area (Å²) in [5.74, 6) is 1.86. The second kappa shape index (κ2) is 12.6. The summed E-state index contributed by atoms with van der Waals surface area (Å²) in [6.45, 7) is 7.35. The fourth-order valence-electron chi connectivity index (χ4n) is 4.91. The number of hydrogen-bond acceptors (Lipinski definition) is 5. The van der Waals surface area contributed by atoms with E-state index in [1.165, 1.54) is 5.56 Å². The third kappa shape index (κ3) is 6.93. The van der Waals surface area contributed by atoms with E-state index in [0.717, 1.165) is 38.8 Å². The van der Waals surface area contributed by atoms with Crippen LogP contribution in [0.1, 0.15) is 27.7 Å². The molecular formula is C39H36BN3O2. The Labute approximate surface area is 265 Å². The fourth-order valence-corrected chi connectivity index (χ4v) is 4.91. The average Bonchev–Trinajstić information content (AvgIpc) is 3.08. The Morgan fingerprint density at radius 2 is 0.889 bits per heavy atom. The molecule has 0 aliphatic heterocycles.